The van der Waals surface area contributed by atoms with E-state index in [1.54, 1.807) is 43.3 Å². The number of sulfonamides is 1. The molecule has 9 heteroatoms. The average molecular weight is 453 g/mol. The lowest BCUT2D eigenvalue weighted by molar-refractivity contribution is 0.0954. The zero-order valence-electron chi connectivity index (χ0n) is 16.3. The first-order valence-corrected chi connectivity index (χ1v) is 10.9. The maximum Gasteiger partial charge on any atom is 0.271 e. The molecule has 1 amide bonds. The van der Waals surface area contributed by atoms with Crippen molar-refractivity contribution >= 4 is 38.9 Å². The van der Waals surface area contributed by atoms with E-state index in [0.29, 0.717) is 22.0 Å². The Kier molecular flexibility index (Phi) is 6.70. The fraction of sp³-hybridized carbons (Fsp3) is 0.0455. The molecule has 156 valence electrons. The quantitative estimate of drug-likeness (QED) is 0.431. The summed E-state index contributed by atoms with van der Waals surface area (Å²) >= 11 is 5.82. The highest BCUT2D eigenvalue weighted by Crippen LogP contribution is 2.19. The third-order valence-corrected chi connectivity index (χ3v) is 5.89. The molecule has 0 unspecified atom stereocenters. The second-order valence-electron chi connectivity index (χ2n) is 6.47. The zero-order chi connectivity index (χ0) is 22.4. The van der Waals surface area contributed by atoms with E-state index in [1.165, 1.54) is 36.4 Å². The first-order chi connectivity index (χ1) is 14.8. The Morgan fingerprint density at radius 1 is 1.00 bits per heavy atom. The van der Waals surface area contributed by atoms with E-state index in [-0.39, 0.29) is 10.5 Å². The number of nitrogens with one attached hydrogen (secondary N) is 2. The molecule has 3 aromatic carbocycles. The van der Waals surface area contributed by atoms with Crippen LogP contribution in [0.1, 0.15) is 28.4 Å². The fourth-order valence-corrected chi connectivity index (χ4v) is 3.82. The van der Waals surface area contributed by atoms with E-state index in [1.807, 2.05) is 6.07 Å². The van der Waals surface area contributed by atoms with E-state index in [0.717, 1.165) is 5.56 Å². The monoisotopic (exact) mass is 452 g/mol. The molecule has 0 saturated carbocycles. The van der Waals surface area contributed by atoms with Gasteiger partial charge in [0.2, 0.25) is 0 Å². The van der Waals surface area contributed by atoms with Gasteiger partial charge >= 0.3 is 0 Å². The summed E-state index contributed by atoms with van der Waals surface area (Å²) in [4.78, 5) is 12.4. The van der Waals surface area contributed by atoms with Crippen LogP contribution < -0.4 is 10.1 Å². The lowest BCUT2D eigenvalue weighted by Gasteiger charge is -2.09. The Bertz CT molecular complexity index is 1280. The van der Waals surface area contributed by atoms with Crippen LogP contribution in [0.25, 0.3) is 0 Å². The van der Waals surface area contributed by atoms with E-state index >= 15 is 0 Å². The summed E-state index contributed by atoms with van der Waals surface area (Å²) in [7, 11) is -3.90. The number of nitrogens with zero attached hydrogens (tertiary/aromatic N) is 2. The molecule has 0 radical (unpaired) electrons. The van der Waals surface area contributed by atoms with Gasteiger partial charge in [0.15, 0.2) is 0 Å². The molecule has 0 aromatic heterocycles. The van der Waals surface area contributed by atoms with E-state index in [4.69, 9.17) is 16.9 Å². The van der Waals surface area contributed by atoms with E-state index < -0.39 is 15.9 Å². The van der Waals surface area contributed by atoms with Crippen LogP contribution in [0.15, 0.2) is 82.8 Å². The van der Waals surface area contributed by atoms with Crippen LogP contribution in [0.2, 0.25) is 5.02 Å². The Morgan fingerprint density at radius 2 is 1.68 bits per heavy atom. The number of hydrogen-bond acceptors (Lipinski definition) is 5. The molecule has 0 heterocycles. The number of nitriles is 1. The summed E-state index contributed by atoms with van der Waals surface area (Å²) in [6.45, 7) is 1.71. The van der Waals surface area contributed by atoms with Gasteiger partial charge in [-0.25, -0.2) is 13.8 Å². The van der Waals surface area contributed by atoms with Gasteiger partial charge in [-0.15, -0.1) is 0 Å². The third kappa shape index (κ3) is 5.69. The van der Waals surface area contributed by atoms with Gasteiger partial charge in [0, 0.05) is 16.3 Å². The molecule has 7 nitrogen and oxygen atoms in total. The summed E-state index contributed by atoms with van der Waals surface area (Å²) in [5.74, 6) is -0.559. The van der Waals surface area contributed by atoms with Crippen molar-refractivity contribution in [1.29, 1.82) is 5.26 Å². The molecule has 0 bridgehead atoms. The van der Waals surface area contributed by atoms with Crippen LogP contribution in [0.4, 0.5) is 5.69 Å². The SMILES string of the molecule is CC(=NNC(=O)c1cccc(S(=O)(=O)Nc2ccc(Cl)cc2)c1)c1ccc(C#N)cc1. The van der Waals surface area contributed by atoms with Gasteiger partial charge in [-0.05, 0) is 67.1 Å². The number of halogens is 1. The Balaban J connectivity index is 1.74. The van der Waals surface area contributed by atoms with Crippen molar-refractivity contribution in [2.45, 2.75) is 11.8 Å². The van der Waals surface area contributed by atoms with Crippen molar-refractivity contribution in [3.8, 4) is 6.07 Å². The largest absolute Gasteiger partial charge is 0.280 e. The van der Waals surface area contributed by atoms with E-state index in [9.17, 15) is 13.2 Å². The smallest absolute Gasteiger partial charge is 0.271 e. The minimum absolute atomic E-state index is 0.0668. The molecule has 0 spiro atoms. The number of benzene rings is 3. The first kappa shape index (κ1) is 22.0. The van der Waals surface area contributed by atoms with Gasteiger partial charge in [-0.2, -0.15) is 10.4 Å². The molecular formula is C22H17ClN4O3S. The maximum atomic E-state index is 12.6. The van der Waals surface area contributed by atoms with Crippen molar-refractivity contribution in [3.63, 3.8) is 0 Å². The Morgan fingerprint density at radius 3 is 2.32 bits per heavy atom. The molecule has 0 saturated heterocycles. The topological polar surface area (TPSA) is 111 Å². The van der Waals surface area contributed by atoms with Crippen LogP contribution in [0.5, 0.6) is 0 Å². The minimum Gasteiger partial charge on any atom is -0.280 e. The Labute approximate surface area is 185 Å². The molecule has 0 fully saturated rings. The van der Waals surface area contributed by atoms with E-state index in [2.05, 4.69) is 15.2 Å². The second-order valence-corrected chi connectivity index (χ2v) is 8.59. The van der Waals surface area contributed by atoms with Crippen molar-refractivity contribution in [1.82, 2.24) is 5.43 Å². The molecule has 2 N–H and O–H groups in total. The summed E-state index contributed by atoms with van der Waals surface area (Å²) in [6, 6.07) is 20.6. The fourth-order valence-electron chi connectivity index (χ4n) is 2.59. The predicted molar refractivity (Wildman–Crippen MR) is 120 cm³/mol. The summed E-state index contributed by atoms with van der Waals surface area (Å²) in [6.07, 6.45) is 0. The van der Waals surface area contributed by atoms with Crippen molar-refractivity contribution in [2.75, 3.05) is 4.72 Å². The summed E-state index contributed by atoms with van der Waals surface area (Å²) in [5.41, 5.74) is 4.69. The number of hydrogen-bond donors (Lipinski definition) is 2. The third-order valence-electron chi connectivity index (χ3n) is 4.26. The van der Waals surface area contributed by atoms with Gasteiger partial charge in [0.25, 0.3) is 15.9 Å². The lowest BCUT2D eigenvalue weighted by atomic mass is 10.1. The van der Waals surface area contributed by atoms with Crippen molar-refractivity contribution in [2.24, 2.45) is 5.10 Å². The average Bonchev–Trinajstić information content (AvgIpc) is 2.78. The van der Waals surface area contributed by atoms with Crippen LogP contribution >= 0.6 is 11.6 Å². The van der Waals surface area contributed by atoms with Crippen molar-refractivity contribution in [3.05, 3.63) is 94.5 Å². The Hall–Kier alpha value is -3.67. The number of amides is 1. The molecule has 0 atom stereocenters. The lowest BCUT2D eigenvalue weighted by Crippen LogP contribution is -2.20. The van der Waals surface area contributed by atoms with Crippen LogP contribution in [-0.2, 0) is 10.0 Å². The molecule has 3 rings (SSSR count). The maximum absolute atomic E-state index is 12.6. The minimum atomic E-state index is -3.90. The molecule has 0 aliphatic heterocycles. The molecule has 3 aromatic rings. The predicted octanol–water partition coefficient (Wildman–Crippen LogP) is 4.17. The number of carbonyl (C=O) groups excluding carboxylic acids is 1. The highest BCUT2D eigenvalue weighted by molar-refractivity contribution is 7.92. The van der Waals surface area contributed by atoms with Crippen LogP contribution in [0.3, 0.4) is 0 Å². The number of carbonyl (C=O) groups is 1. The van der Waals surface area contributed by atoms with Crippen molar-refractivity contribution < 1.29 is 13.2 Å². The molecule has 31 heavy (non-hydrogen) atoms. The zero-order valence-corrected chi connectivity index (χ0v) is 17.9. The van der Waals surface area contributed by atoms with Gasteiger partial charge in [-0.3, -0.25) is 9.52 Å². The first-order valence-electron chi connectivity index (χ1n) is 9.02. The van der Waals surface area contributed by atoms with Gasteiger partial charge in [0.05, 0.1) is 22.2 Å². The number of anilines is 1. The highest BCUT2D eigenvalue weighted by atomic mass is 35.5. The molecule has 0 aliphatic carbocycles. The molecule has 0 aliphatic rings. The van der Waals surface area contributed by atoms with Crippen LogP contribution in [0, 0.1) is 11.3 Å². The van der Waals surface area contributed by atoms with Gasteiger partial charge in [-0.1, -0.05) is 29.8 Å². The van der Waals surface area contributed by atoms with Crippen LogP contribution in [-0.4, -0.2) is 20.0 Å². The highest BCUT2D eigenvalue weighted by Gasteiger charge is 2.16. The standard InChI is InChI=1S/C22H17ClN4O3S/c1-15(17-7-5-16(14-24)6-8-17)25-26-22(28)18-3-2-4-21(13-18)31(29,30)27-20-11-9-19(23)10-12-20/h2-13,27H,1H3,(H,26,28). The normalized spacial score (nSPS) is 11.5. The number of rotatable bonds is 6. The summed E-state index contributed by atoms with van der Waals surface area (Å²) < 4.78 is 27.7. The molecular weight excluding hydrogens is 436 g/mol. The second kappa shape index (κ2) is 9.43. The van der Waals surface area contributed by atoms with Gasteiger partial charge in [0.1, 0.15) is 0 Å². The van der Waals surface area contributed by atoms with Gasteiger partial charge < -0.3 is 0 Å². The summed E-state index contributed by atoms with van der Waals surface area (Å²) in [5, 5.41) is 13.4. The number of hydrazone groups is 1.